The molecule has 0 saturated carbocycles. The minimum absolute atomic E-state index is 0.114. The normalized spacial score (nSPS) is 28.7. The zero-order valence-electron chi connectivity index (χ0n) is 15.6. The molecule has 4 rings (SSSR count). The molecule has 2 fully saturated rings. The molecule has 2 aromatic heterocycles. The minimum Gasteiger partial charge on any atom is -0.432 e. The summed E-state index contributed by atoms with van der Waals surface area (Å²) in [5, 5.41) is 4.25. The highest BCUT2D eigenvalue weighted by Gasteiger charge is 2.33. The fraction of sp³-hybridized carbons (Fsp3) is 0.611. The van der Waals surface area contributed by atoms with E-state index in [9.17, 15) is 4.79 Å². The molecule has 0 spiro atoms. The number of carbonyl (C=O) groups excluding carboxylic acids is 1. The van der Waals surface area contributed by atoms with Gasteiger partial charge in [-0.2, -0.15) is 5.10 Å². The highest BCUT2D eigenvalue weighted by molar-refractivity contribution is 5.65. The third-order valence-electron chi connectivity index (χ3n) is 5.58. The summed E-state index contributed by atoms with van der Waals surface area (Å²) in [4.78, 5) is 18.1. The Morgan fingerprint density at radius 1 is 1.37 bits per heavy atom. The molecule has 2 aliphatic rings. The van der Waals surface area contributed by atoms with Crippen LogP contribution in [0.2, 0.25) is 0 Å². The maximum Gasteiger partial charge on any atom is 0.508 e. The van der Waals surface area contributed by atoms with E-state index in [-0.39, 0.29) is 31.0 Å². The third-order valence-corrected chi connectivity index (χ3v) is 5.58. The number of anilines is 1. The highest BCUT2D eigenvalue weighted by Crippen LogP contribution is 2.34. The van der Waals surface area contributed by atoms with Crippen LogP contribution in [0.3, 0.4) is 0 Å². The zero-order valence-corrected chi connectivity index (χ0v) is 15.6. The van der Waals surface area contributed by atoms with Gasteiger partial charge in [-0.15, -0.1) is 0 Å². The van der Waals surface area contributed by atoms with Gasteiger partial charge in [-0.1, -0.05) is 0 Å². The molecule has 0 aliphatic carbocycles. The van der Waals surface area contributed by atoms with Gasteiger partial charge in [-0.3, -0.25) is 4.90 Å². The second kappa shape index (κ2) is 7.32. The number of ether oxygens (including phenoxy) is 3. The molecular weight excluding hydrogens is 350 g/mol. The van der Waals surface area contributed by atoms with Crippen LogP contribution >= 0.6 is 0 Å². The quantitative estimate of drug-likeness (QED) is 0.807. The molecule has 2 aromatic rings. The molecule has 2 saturated heterocycles. The number of carbonyl (C=O) groups is 1. The number of likely N-dealkylation sites (N-methyl/N-ethyl adjacent to an activating group) is 1. The summed E-state index contributed by atoms with van der Waals surface area (Å²) < 4.78 is 18.5. The van der Waals surface area contributed by atoms with E-state index in [1.54, 1.807) is 4.52 Å². The minimum atomic E-state index is -0.622. The van der Waals surface area contributed by atoms with Gasteiger partial charge < -0.3 is 19.9 Å². The van der Waals surface area contributed by atoms with Gasteiger partial charge in [0.2, 0.25) is 0 Å². The average molecular weight is 375 g/mol. The lowest BCUT2D eigenvalue weighted by Crippen LogP contribution is -2.32. The van der Waals surface area contributed by atoms with Crippen LogP contribution in [0.5, 0.6) is 0 Å². The summed E-state index contributed by atoms with van der Waals surface area (Å²) in [6.07, 6.45) is 2.88. The molecule has 4 unspecified atom stereocenters. The van der Waals surface area contributed by atoms with Gasteiger partial charge in [0.05, 0.1) is 11.8 Å². The van der Waals surface area contributed by atoms with E-state index >= 15 is 0 Å². The van der Waals surface area contributed by atoms with E-state index in [1.165, 1.54) is 6.33 Å². The number of nitrogens with two attached hydrogens (primary N) is 1. The molecule has 9 heteroatoms. The predicted octanol–water partition coefficient (Wildman–Crippen LogP) is 1.78. The molecule has 9 nitrogen and oxygen atoms in total. The Hall–Kier alpha value is -2.39. The highest BCUT2D eigenvalue weighted by atomic mass is 16.7. The number of fused-ring (bicyclic) bond motifs is 1. The zero-order chi connectivity index (χ0) is 19.0. The molecular formula is C18H25N5O4. The molecule has 146 valence electrons. The van der Waals surface area contributed by atoms with Crippen molar-refractivity contribution in [3.63, 3.8) is 0 Å². The van der Waals surface area contributed by atoms with Crippen molar-refractivity contribution in [2.75, 3.05) is 25.9 Å². The Labute approximate surface area is 157 Å². The number of hydrogen-bond donors (Lipinski definition) is 1. The van der Waals surface area contributed by atoms with E-state index < -0.39 is 6.16 Å². The monoisotopic (exact) mass is 375 g/mol. The van der Waals surface area contributed by atoms with E-state index in [4.69, 9.17) is 19.9 Å². The number of rotatable bonds is 4. The van der Waals surface area contributed by atoms with E-state index in [0.717, 1.165) is 37.0 Å². The summed E-state index contributed by atoms with van der Waals surface area (Å²) >= 11 is 0. The fourth-order valence-corrected chi connectivity index (χ4v) is 3.80. The van der Waals surface area contributed by atoms with Crippen molar-refractivity contribution in [1.82, 2.24) is 19.5 Å². The van der Waals surface area contributed by atoms with Gasteiger partial charge in [0, 0.05) is 12.6 Å². The lowest BCUT2D eigenvalue weighted by Gasteiger charge is -2.20. The van der Waals surface area contributed by atoms with Crippen molar-refractivity contribution >= 4 is 17.5 Å². The van der Waals surface area contributed by atoms with Crippen LogP contribution in [-0.4, -0.2) is 64.1 Å². The van der Waals surface area contributed by atoms with Crippen LogP contribution in [0.15, 0.2) is 18.5 Å². The van der Waals surface area contributed by atoms with Gasteiger partial charge in [-0.05, 0) is 45.4 Å². The first-order chi connectivity index (χ1) is 13.0. The molecule has 0 amide bonds. The van der Waals surface area contributed by atoms with Crippen molar-refractivity contribution in [3.05, 3.63) is 24.2 Å². The van der Waals surface area contributed by atoms with Crippen molar-refractivity contribution in [1.29, 1.82) is 0 Å². The summed E-state index contributed by atoms with van der Waals surface area (Å²) in [7, 11) is 2.02. The second-order valence-corrected chi connectivity index (χ2v) is 7.25. The smallest absolute Gasteiger partial charge is 0.432 e. The van der Waals surface area contributed by atoms with Crippen LogP contribution in [0.25, 0.3) is 5.52 Å². The van der Waals surface area contributed by atoms with Crippen LogP contribution in [0, 0.1) is 0 Å². The van der Waals surface area contributed by atoms with E-state index in [0.29, 0.717) is 5.82 Å². The Balaban J connectivity index is 1.30. The molecule has 2 aliphatic heterocycles. The molecule has 4 heterocycles. The van der Waals surface area contributed by atoms with Crippen LogP contribution in [0.1, 0.15) is 38.0 Å². The number of aromatic nitrogens is 3. The molecule has 0 aromatic carbocycles. The Bertz CT molecular complexity index is 825. The lowest BCUT2D eigenvalue weighted by molar-refractivity contribution is -0.0300. The van der Waals surface area contributed by atoms with Gasteiger partial charge >= 0.3 is 6.16 Å². The van der Waals surface area contributed by atoms with E-state index in [1.807, 2.05) is 26.1 Å². The second-order valence-electron chi connectivity index (χ2n) is 7.25. The molecule has 27 heavy (non-hydrogen) atoms. The van der Waals surface area contributed by atoms with Gasteiger partial charge in [0.15, 0.2) is 5.82 Å². The standard InChI is InChI=1S/C18H25N5O4/c1-11-15(7-8-22(11)2)27-18(24)25-9-12-3-6-16(26-12)13-4-5-14-17(19)20-10-21-23(13)14/h4-5,10-12,15-16H,3,6-9H2,1-2H3,(H2,19,20,21). The average Bonchev–Trinajstić information content (AvgIpc) is 3.36. The number of likely N-dealkylation sites (tertiary alicyclic amines) is 1. The van der Waals surface area contributed by atoms with Gasteiger partial charge in [-0.25, -0.2) is 14.3 Å². The van der Waals surface area contributed by atoms with Gasteiger partial charge in [0.25, 0.3) is 0 Å². The number of nitrogen functional groups attached to an aromatic ring is 1. The van der Waals surface area contributed by atoms with Crippen LogP contribution in [0.4, 0.5) is 10.6 Å². The fourth-order valence-electron chi connectivity index (χ4n) is 3.80. The first kappa shape index (κ1) is 18.0. The number of hydrogen-bond acceptors (Lipinski definition) is 8. The van der Waals surface area contributed by atoms with Gasteiger partial charge in [0.1, 0.15) is 30.7 Å². The molecule has 2 N–H and O–H groups in total. The van der Waals surface area contributed by atoms with Crippen LogP contribution < -0.4 is 5.73 Å². The maximum absolute atomic E-state index is 12.0. The van der Waals surface area contributed by atoms with Crippen molar-refractivity contribution in [3.8, 4) is 0 Å². The maximum atomic E-state index is 12.0. The Morgan fingerprint density at radius 3 is 3.00 bits per heavy atom. The molecule has 0 radical (unpaired) electrons. The Morgan fingerprint density at radius 2 is 2.22 bits per heavy atom. The van der Waals surface area contributed by atoms with Crippen molar-refractivity contribution in [2.24, 2.45) is 0 Å². The summed E-state index contributed by atoms with van der Waals surface area (Å²) in [6, 6.07) is 4.04. The molecule has 0 bridgehead atoms. The SMILES string of the molecule is CC1C(OC(=O)OCC2CCC(c3ccc4c(N)ncnn34)O2)CCN1C. The lowest BCUT2D eigenvalue weighted by atomic mass is 10.1. The van der Waals surface area contributed by atoms with E-state index in [2.05, 4.69) is 15.0 Å². The number of nitrogens with zero attached hydrogens (tertiary/aromatic N) is 4. The Kier molecular flexibility index (Phi) is 4.88. The van der Waals surface area contributed by atoms with Crippen molar-refractivity contribution in [2.45, 2.75) is 50.5 Å². The summed E-state index contributed by atoms with van der Waals surface area (Å²) in [5.74, 6) is 0.434. The van der Waals surface area contributed by atoms with Crippen LogP contribution in [-0.2, 0) is 14.2 Å². The largest absolute Gasteiger partial charge is 0.508 e. The topological polar surface area (TPSA) is 104 Å². The first-order valence-corrected chi connectivity index (χ1v) is 9.30. The predicted molar refractivity (Wildman–Crippen MR) is 97.2 cm³/mol. The summed E-state index contributed by atoms with van der Waals surface area (Å²) in [6.45, 7) is 3.16. The summed E-state index contributed by atoms with van der Waals surface area (Å²) in [5.41, 5.74) is 7.56. The van der Waals surface area contributed by atoms with Crippen molar-refractivity contribution < 1.29 is 19.0 Å². The molecule has 4 atom stereocenters. The first-order valence-electron chi connectivity index (χ1n) is 9.30. The third kappa shape index (κ3) is 3.57.